The zero-order chi connectivity index (χ0) is 23.9. The van der Waals surface area contributed by atoms with Gasteiger partial charge in [0.15, 0.2) is 5.82 Å². The third-order valence-corrected chi connectivity index (χ3v) is 6.97. The van der Waals surface area contributed by atoms with Crippen molar-refractivity contribution in [2.75, 3.05) is 0 Å². The molecule has 7 nitrogen and oxygen atoms in total. The lowest BCUT2D eigenvalue weighted by atomic mass is 9.94. The molecule has 2 aliphatic rings. The molecule has 1 atom stereocenters. The Kier molecular flexibility index (Phi) is 5.17. The van der Waals surface area contributed by atoms with Crippen molar-refractivity contribution in [3.05, 3.63) is 101 Å². The number of carboxylic acid groups (broad SMARTS) is 1. The second-order valence-corrected chi connectivity index (χ2v) is 9.07. The van der Waals surface area contributed by atoms with Crippen molar-refractivity contribution in [1.82, 2.24) is 19.7 Å². The lowest BCUT2D eigenvalue weighted by Crippen LogP contribution is -2.49. The van der Waals surface area contributed by atoms with E-state index in [-0.39, 0.29) is 18.8 Å². The molecule has 1 aromatic heterocycles. The summed E-state index contributed by atoms with van der Waals surface area (Å²) in [6, 6.07) is 22.5. The fourth-order valence-corrected chi connectivity index (χ4v) is 5.23. The first-order valence-electron chi connectivity index (χ1n) is 11.8. The van der Waals surface area contributed by atoms with Crippen LogP contribution in [0.1, 0.15) is 39.3 Å². The topological polar surface area (TPSA) is 88.3 Å². The van der Waals surface area contributed by atoms with Gasteiger partial charge in [-0.3, -0.25) is 4.79 Å². The highest BCUT2D eigenvalue weighted by molar-refractivity contribution is 5.94. The number of amides is 1. The molecule has 1 aliphatic carbocycles. The fraction of sp³-hybridized carbons (Fsp3) is 0.214. The zero-order valence-corrected chi connectivity index (χ0v) is 19.1. The summed E-state index contributed by atoms with van der Waals surface area (Å²) >= 11 is 0. The lowest BCUT2D eigenvalue weighted by Gasteiger charge is -2.33. The van der Waals surface area contributed by atoms with E-state index in [4.69, 9.17) is 0 Å². The molecule has 1 amide bonds. The van der Waals surface area contributed by atoms with Crippen molar-refractivity contribution in [3.8, 4) is 17.1 Å². The van der Waals surface area contributed by atoms with Crippen LogP contribution in [-0.4, -0.2) is 42.7 Å². The summed E-state index contributed by atoms with van der Waals surface area (Å²) in [5, 5.41) is 14.6. The number of hydrogen-bond donors (Lipinski definition) is 1. The summed E-state index contributed by atoms with van der Waals surface area (Å²) in [6.07, 6.45) is 3.32. The molecule has 35 heavy (non-hydrogen) atoms. The molecule has 6 rings (SSSR count). The number of fused-ring (bicyclic) bond motifs is 2. The van der Waals surface area contributed by atoms with Crippen LogP contribution in [0.15, 0.2) is 72.8 Å². The Hall–Kier alpha value is -4.26. The third kappa shape index (κ3) is 3.69. The van der Waals surface area contributed by atoms with Gasteiger partial charge in [0.25, 0.3) is 5.91 Å². The Labute approximate surface area is 202 Å². The van der Waals surface area contributed by atoms with E-state index in [1.807, 2.05) is 66.7 Å². The molecular weight excluding hydrogens is 440 g/mol. The van der Waals surface area contributed by atoms with Crippen LogP contribution in [0.4, 0.5) is 0 Å². The van der Waals surface area contributed by atoms with Crippen molar-refractivity contribution in [3.63, 3.8) is 0 Å². The first kappa shape index (κ1) is 21.3. The van der Waals surface area contributed by atoms with Crippen LogP contribution in [0, 0.1) is 0 Å². The van der Waals surface area contributed by atoms with E-state index >= 15 is 0 Å². The van der Waals surface area contributed by atoms with Gasteiger partial charge in [0, 0.05) is 18.5 Å². The minimum Gasteiger partial charge on any atom is -0.480 e. The number of aliphatic carboxylic acids is 1. The third-order valence-electron chi connectivity index (χ3n) is 6.97. The molecule has 0 unspecified atom stereocenters. The van der Waals surface area contributed by atoms with Crippen LogP contribution in [0.2, 0.25) is 0 Å². The number of carboxylic acids is 1. The largest absolute Gasteiger partial charge is 0.480 e. The Morgan fingerprint density at radius 2 is 1.60 bits per heavy atom. The van der Waals surface area contributed by atoms with Crippen LogP contribution in [0.5, 0.6) is 0 Å². The second kappa shape index (κ2) is 8.51. The Morgan fingerprint density at radius 3 is 2.40 bits per heavy atom. The molecule has 1 N–H and O–H groups in total. The van der Waals surface area contributed by atoms with Gasteiger partial charge in [-0.05, 0) is 47.6 Å². The average molecular weight is 465 g/mol. The number of carbonyl (C=O) groups is 2. The maximum absolute atomic E-state index is 13.7. The maximum atomic E-state index is 13.7. The summed E-state index contributed by atoms with van der Waals surface area (Å²) in [4.78, 5) is 31.9. The second-order valence-electron chi connectivity index (χ2n) is 9.07. The van der Waals surface area contributed by atoms with Crippen molar-refractivity contribution < 1.29 is 14.7 Å². The van der Waals surface area contributed by atoms with Crippen LogP contribution >= 0.6 is 0 Å². The van der Waals surface area contributed by atoms with Crippen molar-refractivity contribution in [1.29, 1.82) is 0 Å². The standard InChI is InChI=1S/C28H24N4O3/c33-27(31-17-21-11-5-4-10-20(21)16-24(31)28(34)35)25-29-26(19-8-2-1-3-9-19)32(30-25)23-15-7-13-18-12-6-14-22(18)23/h1-5,7-11,13,15,24H,6,12,14,16-17H2,(H,34,35)/t24-/m0/s1. The minimum absolute atomic E-state index is 0.00471. The van der Waals surface area contributed by atoms with Gasteiger partial charge in [0.2, 0.25) is 5.82 Å². The summed E-state index contributed by atoms with van der Waals surface area (Å²) in [6.45, 7) is 0.210. The number of rotatable bonds is 4. The number of nitrogens with zero attached hydrogens (tertiary/aromatic N) is 4. The van der Waals surface area contributed by atoms with Gasteiger partial charge in [0.05, 0.1) is 5.69 Å². The summed E-state index contributed by atoms with van der Waals surface area (Å²) in [7, 11) is 0. The molecule has 0 spiro atoms. The molecule has 4 aromatic rings. The molecule has 1 aliphatic heterocycles. The normalized spacial score (nSPS) is 16.6. The molecule has 7 heteroatoms. The minimum atomic E-state index is -1.03. The highest BCUT2D eigenvalue weighted by Crippen LogP contribution is 2.31. The highest BCUT2D eigenvalue weighted by atomic mass is 16.4. The maximum Gasteiger partial charge on any atom is 0.326 e. The molecule has 174 valence electrons. The Morgan fingerprint density at radius 1 is 0.857 bits per heavy atom. The van der Waals surface area contributed by atoms with Crippen LogP contribution in [0.3, 0.4) is 0 Å². The van der Waals surface area contributed by atoms with E-state index in [0.717, 1.165) is 41.6 Å². The van der Waals surface area contributed by atoms with Crippen molar-refractivity contribution in [2.45, 2.75) is 38.3 Å². The number of aryl methyl sites for hydroxylation is 1. The Bertz CT molecular complexity index is 1440. The van der Waals surface area contributed by atoms with E-state index in [1.165, 1.54) is 16.0 Å². The SMILES string of the molecule is O=C(O)[C@@H]1Cc2ccccc2CN1C(=O)c1nc(-c2ccccc2)n(-c2cccc3c2CCC3)n1. The van der Waals surface area contributed by atoms with E-state index in [2.05, 4.69) is 16.1 Å². The van der Waals surface area contributed by atoms with E-state index in [1.54, 1.807) is 4.68 Å². The first-order valence-corrected chi connectivity index (χ1v) is 11.8. The van der Waals surface area contributed by atoms with Crippen LogP contribution < -0.4 is 0 Å². The number of benzene rings is 3. The van der Waals surface area contributed by atoms with E-state index in [0.29, 0.717) is 5.82 Å². The van der Waals surface area contributed by atoms with Gasteiger partial charge in [-0.2, -0.15) is 0 Å². The summed E-state index contributed by atoms with van der Waals surface area (Å²) in [5.74, 6) is -0.935. The predicted molar refractivity (Wildman–Crippen MR) is 130 cm³/mol. The van der Waals surface area contributed by atoms with Crippen LogP contribution in [-0.2, 0) is 30.6 Å². The smallest absolute Gasteiger partial charge is 0.326 e. The van der Waals surface area contributed by atoms with E-state index in [9.17, 15) is 14.7 Å². The van der Waals surface area contributed by atoms with E-state index < -0.39 is 17.9 Å². The van der Waals surface area contributed by atoms with Gasteiger partial charge in [0.1, 0.15) is 6.04 Å². The number of carbonyl (C=O) groups excluding carboxylic acids is 1. The molecule has 0 saturated carbocycles. The molecule has 2 heterocycles. The molecule has 0 bridgehead atoms. The quantitative estimate of drug-likeness (QED) is 0.492. The van der Waals surface area contributed by atoms with Gasteiger partial charge in [-0.15, -0.1) is 5.10 Å². The lowest BCUT2D eigenvalue weighted by molar-refractivity contribution is -0.142. The molecule has 0 radical (unpaired) electrons. The van der Waals surface area contributed by atoms with Gasteiger partial charge < -0.3 is 10.0 Å². The van der Waals surface area contributed by atoms with Gasteiger partial charge >= 0.3 is 5.97 Å². The summed E-state index contributed by atoms with van der Waals surface area (Å²) < 4.78 is 1.75. The predicted octanol–water partition coefficient (Wildman–Crippen LogP) is 4.07. The average Bonchev–Trinajstić information content (AvgIpc) is 3.55. The fourth-order valence-electron chi connectivity index (χ4n) is 5.23. The van der Waals surface area contributed by atoms with Gasteiger partial charge in [-0.1, -0.05) is 66.7 Å². The van der Waals surface area contributed by atoms with Crippen molar-refractivity contribution in [2.24, 2.45) is 0 Å². The molecule has 0 saturated heterocycles. The monoisotopic (exact) mass is 464 g/mol. The van der Waals surface area contributed by atoms with Crippen LogP contribution in [0.25, 0.3) is 17.1 Å². The molecule has 0 fully saturated rings. The molecule has 3 aromatic carbocycles. The van der Waals surface area contributed by atoms with Gasteiger partial charge in [-0.25, -0.2) is 14.5 Å². The first-order chi connectivity index (χ1) is 17.1. The Balaban J connectivity index is 1.46. The summed E-state index contributed by atoms with van der Waals surface area (Å²) in [5.41, 5.74) is 6.18. The number of hydrogen-bond acceptors (Lipinski definition) is 4. The zero-order valence-electron chi connectivity index (χ0n) is 19.1. The van der Waals surface area contributed by atoms with Crippen molar-refractivity contribution >= 4 is 11.9 Å². The number of aromatic nitrogens is 3. The molecular formula is C28H24N4O3. The highest BCUT2D eigenvalue weighted by Gasteiger charge is 2.37.